The average molecular weight is 552 g/mol. The van der Waals surface area contributed by atoms with E-state index < -0.39 is 34.7 Å². The molecular formula is C25H18BrN3O7. The van der Waals surface area contributed by atoms with Gasteiger partial charge in [0.25, 0.3) is 23.4 Å². The van der Waals surface area contributed by atoms with E-state index in [-0.39, 0.29) is 16.8 Å². The van der Waals surface area contributed by atoms with E-state index in [1.807, 2.05) is 0 Å². The lowest BCUT2D eigenvalue weighted by Crippen LogP contribution is -2.67. The highest BCUT2D eigenvalue weighted by Gasteiger charge is 2.58. The lowest BCUT2D eigenvalue weighted by atomic mass is 9.85. The summed E-state index contributed by atoms with van der Waals surface area (Å²) in [6.07, 6.45) is 0. The van der Waals surface area contributed by atoms with Crippen LogP contribution in [-0.2, 0) is 4.79 Å². The number of ether oxygens (including phenoxy) is 2. The third-order valence-corrected chi connectivity index (χ3v) is 6.81. The van der Waals surface area contributed by atoms with Gasteiger partial charge in [-0.2, -0.15) is 0 Å². The fourth-order valence-electron chi connectivity index (χ4n) is 4.62. The van der Waals surface area contributed by atoms with Crippen LogP contribution in [0.1, 0.15) is 32.3 Å². The van der Waals surface area contributed by atoms with Gasteiger partial charge in [0.15, 0.2) is 0 Å². The normalized spacial score (nSPS) is 18.7. The molecule has 0 aromatic heterocycles. The Hall–Kier alpha value is -4.25. The number of anilines is 1. The Morgan fingerprint density at radius 2 is 1.53 bits per heavy atom. The van der Waals surface area contributed by atoms with Gasteiger partial charge in [-0.05, 0) is 48.5 Å². The molecule has 3 amide bonds. The molecule has 2 heterocycles. The number of β-lactam (4-membered cyclic amide) rings is 1. The number of rotatable bonds is 6. The maximum Gasteiger partial charge on any atom is 0.270 e. The summed E-state index contributed by atoms with van der Waals surface area (Å²) in [4.78, 5) is 53.2. The number of halogens is 1. The van der Waals surface area contributed by atoms with Crippen molar-refractivity contribution in [3.05, 3.63) is 91.9 Å². The third kappa shape index (κ3) is 3.51. The number of methoxy groups -OCH3 is 2. The van der Waals surface area contributed by atoms with Crippen molar-refractivity contribution < 1.29 is 28.8 Å². The van der Waals surface area contributed by atoms with Crippen molar-refractivity contribution in [2.24, 2.45) is 0 Å². The number of benzene rings is 3. The summed E-state index contributed by atoms with van der Waals surface area (Å²) < 4.78 is 11.5. The Morgan fingerprint density at radius 1 is 0.833 bits per heavy atom. The molecule has 2 aliphatic heterocycles. The van der Waals surface area contributed by atoms with E-state index in [4.69, 9.17) is 9.47 Å². The monoisotopic (exact) mass is 551 g/mol. The summed E-state index contributed by atoms with van der Waals surface area (Å²) in [7, 11) is 3.02. The quantitative estimate of drug-likeness (QED) is 0.195. The molecule has 11 heteroatoms. The third-order valence-electron chi connectivity index (χ3n) is 6.32. The van der Waals surface area contributed by atoms with Gasteiger partial charge in [-0.15, -0.1) is 0 Å². The van der Waals surface area contributed by atoms with Crippen LogP contribution in [0.25, 0.3) is 0 Å². The van der Waals surface area contributed by atoms with Crippen molar-refractivity contribution in [2.45, 2.75) is 12.1 Å². The van der Waals surface area contributed by atoms with Crippen LogP contribution in [0.3, 0.4) is 0 Å². The lowest BCUT2D eigenvalue weighted by molar-refractivity contribution is -0.384. The second-order valence-electron chi connectivity index (χ2n) is 8.15. The van der Waals surface area contributed by atoms with Gasteiger partial charge in [-0.3, -0.25) is 29.4 Å². The van der Waals surface area contributed by atoms with E-state index in [2.05, 4.69) is 15.9 Å². The van der Waals surface area contributed by atoms with Crippen LogP contribution in [0.2, 0.25) is 0 Å². The lowest BCUT2D eigenvalue weighted by Gasteiger charge is -2.50. The number of nitrogens with zero attached hydrogens (tertiary/aromatic N) is 3. The topological polar surface area (TPSA) is 119 Å². The van der Waals surface area contributed by atoms with Gasteiger partial charge < -0.3 is 14.4 Å². The number of amides is 3. The summed E-state index contributed by atoms with van der Waals surface area (Å²) >= 11 is 3.44. The molecule has 0 saturated carbocycles. The summed E-state index contributed by atoms with van der Waals surface area (Å²) in [6.45, 7) is 0. The first-order valence-corrected chi connectivity index (χ1v) is 11.5. The summed E-state index contributed by atoms with van der Waals surface area (Å²) in [6, 6.07) is 13.6. The van der Waals surface area contributed by atoms with Crippen LogP contribution in [0, 0.1) is 10.1 Å². The van der Waals surface area contributed by atoms with Crippen molar-refractivity contribution in [3.8, 4) is 11.5 Å². The number of nitro groups is 1. The van der Waals surface area contributed by atoms with Gasteiger partial charge >= 0.3 is 0 Å². The Bertz CT molecular complexity index is 1440. The molecule has 0 spiro atoms. The minimum Gasteiger partial charge on any atom is -0.497 e. The van der Waals surface area contributed by atoms with Crippen LogP contribution in [0.15, 0.2) is 65.1 Å². The van der Waals surface area contributed by atoms with Crippen LogP contribution in [0.4, 0.5) is 11.4 Å². The number of non-ortho nitro benzene ring substituents is 1. The first-order valence-electron chi connectivity index (χ1n) is 10.7. The first-order chi connectivity index (χ1) is 17.3. The zero-order valence-corrected chi connectivity index (χ0v) is 20.6. The predicted octanol–water partition coefficient (Wildman–Crippen LogP) is 4.13. The number of carbonyl (C=O) groups is 3. The maximum absolute atomic E-state index is 13.6. The predicted molar refractivity (Wildman–Crippen MR) is 131 cm³/mol. The highest BCUT2D eigenvalue weighted by Crippen LogP contribution is 2.47. The molecule has 0 unspecified atom stereocenters. The van der Waals surface area contributed by atoms with Gasteiger partial charge in [-0.1, -0.05) is 15.9 Å². The van der Waals surface area contributed by atoms with E-state index in [9.17, 15) is 24.5 Å². The number of hydrogen-bond donors (Lipinski definition) is 0. The molecule has 10 nitrogen and oxygen atoms in total. The van der Waals surface area contributed by atoms with Gasteiger partial charge in [-0.25, -0.2) is 0 Å². The van der Waals surface area contributed by atoms with Crippen LogP contribution in [0.5, 0.6) is 11.5 Å². The molecule has 0 bridgehead atoms. The smallest absolute Gasteiger partial charge is 0.270 e. The number of hydrogen-bond acceptors (Lipinski definition) is 7. The molecule has 2 aliphatic rings. The van der Waals surface area contributed by atoms with Gasteiger partial charge in [0.2, 0.25) is 0 Å². The number of nitro benzene ring substituents is 1. The molecule has 5 rings (SSSR count). The Balaban J connectivity index is 1.61. The van der Waals surface area contributed by atoms with Gasteiger partial charge in [0.05, 0.1) is 36.3 Å². The fraction of sp³-hybridized carbons (Fsp3) is 0.160. The van der Waals surface area contributed by atoms with Crippen molar-refractivity contribution in [1.82, 2.24) is 4.90 Å². The highest BCUT2D eigenvalue weighted by atomic mass is 79.9. The van der Waals surface area contributed by atoms with Crippen molar-refractivity contribution in [1.29, 1.82) is 0 Å². The van der Waals surface area contributed by atoms with Crippen LogP contribution >= 0.6 is 15.9 Å². The van der Waals surface area contributed by atoms with Gasteiger partial charge in [0, 0.05) is 27.9 Å². The molecule has 36 heavy (non-hydrogen) atoms. The summed E-state index contributed by atoms with van der Waals surface area (Å²) in [5.41, 5.74) is 0.707. The molecule has 0 N–H and O–H groups in total. The second kappa shape index (κ2) is 8.76. The molecule has 182 valence electrons. The molecule has 3 aromatic carbocycles. The van der Waals surface area contributed by atoms with E-state index in [0.29, 0.717) is 27.2 Å². The van der Waals surface area contributed by atoms with E-state index in [0.717, 1.165) is 17.0 Å². The van der Waals surface area contributed by atoms with Crippen LogP contribution in [-0.4, -0.2) is 47.8 Å². The molecule has 0 radical (unpaired) electrons. The second-order valence-corrected chi connectivity index (χ2v) is 9.07. The van der Waals surface area contributed by atoms with E-state index >= 15 is 0 Å². The van der Waals surface area contributed by atoms with Crippen LogP contribution < -0.4 is 14.4 Å². The van der Waals surface area contributed by atoms with Crippen molar-refractivity contribution >= 4 is 45.0 Å². The van der Waals surface area contributed by atoms with Crippen molar-refractivity contribution in [2.75, 3.05) is 19.1 Å². The van der Waals surface area contributed by atoms with Crippen molar-refractivity contribution in [3.63, 3.8) is 0 Å². The maximum atomic E-state index is 13.6. The highest BCUT2D eigenvalue weighted by molar-refractivity contribution is 9.10. The molecule has 2 atom stereocenters. The molecule has 1 fully saturated rings. The number of carbonyl (C=O) groups excluding carboxylic acids is 3. The first kappa shape index (κ1) is 23.5. The van der Waals surface area contributed by atoms with Gasteiger partial charge in [0.1, 0.15) is 17.5 Å². The molecule has 0 aliphatic carbocycles. The standard InChI is InChI=1S/C25H18BrN3O7/c1-35-16-7-4-14(5-8-16)27-21(19-11-13(26)3-10-20(19)36-2)22(25(27)32)28-23(30)17-9-6-15(29(33)34)12-18(17)24(28)31/h3-12,21-22H,1-2H3/t21-,22+/m0/s1. The Morgan fingerprint density at radius 3 is 2.17 bits per heavy atom. The minimum atomic E-state index is -1.18. The SMILES string of the molecule is COc1ccc(N2C(=O)[C@H](N3C(=O)c4ccc([N+](=O)[O-])cc4C3=O)[C@@H]2c2cc(Br)ccc2OC)cc1. The average Bonchev–Trinajstić information content (AvgIpc) is 3.12. The summed E-state index contributed by atoms with van der Waals surface area (Å²) in [5.74, 6) is -0.855. The Kier molecular flexibility index (Phi) is 5.71. The van der Waals surface area contributed by atoms with E-state index in [1.165, 1.54) is 25.2 Å². The number of fused-ring (bicyclic) bond motifs is 1. The minimum absolute atomic E-state index is 0.0151. The molecule has 1 saturated heterocycles. The largest absolute Gasteiger partial charge is 0.497 e. The summed E-state index contributed by atoms with van der Waals surface area (Å²) in [5, 5.41) is 11.2. The van der Waals surface area contributed by atoms with E-state index in [1.54, 1.807) is 42.5 Å². The zero-order chi connectivity index (χ0) is 25.7. The fourth-order valence-corrected chi connectivity index (χ4v) is 4.99. The Labute approximate surface area is 213 Å². The zero-order valence-electron chi connectivity index (χ0n) is 19.0. The number of imide groups is 1. The molecule has 3 aromatic rings. The molecular weight excluding hydrogens is 534 g/mol.